The summed E-state index contributed by atoms with van der Waals surface area (Å²) >= 11 is 0. The molecule has 0 saturated heterocycles. The first-order valence-corrected chi connectivity index (χ1v) is 25.8. The summed E-state index contributed by atoms with van der Waals surface area (Å²) in [7, 11) is -15.4. The van der Waals surface area contributed by atoms with Gasteiger partial charge in [0.1, 0.15) is 0 Å². The first-order valence-electron chi connectivity index (χ1n) is 19.5. The van der Waals surface area contributed by atoms with Gasteiger partial charge in [-0.3, -0.25) is 0 Å². The molecule has 15 heteroatoms. The molecule has 12 unspecified atom stereocenters. The van der Waals surface area contributed by atoms with Crippen LogP contribution in [0.1, 0.15) is 157 Å². The van der Waals surface area contributed by atoms with Crippen molar-refractivity contribution in [2.75, 3.05) is 0 Å². The Morgan fingerprint density at radius 2 is 0.373 bits per heavy atom. The van der Waals surface area contributed by atoms with Crippen LogP contribution in [0.2, 0.25) is 0 Å². The molecule has 0 spiro atoms. The molecule has 0 aromatic rings. The fourth-order valence-corrected chi connectivity index (χ4v) is 20.4. The molecule has 0 aromatic heterocycles. The van der Waals surface area contributed by atoms with Crippen LogP contribution in [0.25, 0.3) is 0 Å². The molecule has 6 saturated carbocycles. The number of rotatable bonds is 6. The predicted molar refractivity (Wildman–Crippen MR) is 199 cm³/mol. The fourth-order valence-electron chi connectivity index (χ4n) is 10.5. The summed E-state index contributed by atoms with van der Waals surface area (Å²) in [6, 6.07) is 0. The monoisotopic (exact) mass is 1100 g/mol. The van der Waals surface area contributed by atoms with E-state index in [4.69, 9.17) is 0 Å². The number of hydrogen-bond donors (Lipinski definition) is 0. The van der Waals surface area contributed by atoms with Crippen molar-refractivity contribution in [3.63, 3.8) is 0 Å². The predicted octanol–water partition coefficient (Wildman–Crippen LogP) is 1.09. The Labute approximate surface area is 362 Å². The standard InChI is InChI=1S/3C12H22O3P.3Sb/c3*1-9-3-5-11(7-9)16(13,14,15)12-6-4-10(2)8-12;;;/h3*9-12H,3-8H2,1-2H3;;;/q3*-3;3*+3. The van der Waals surface area contributed by atoms with Crippen LogP contribution in [0.3, 0.4) is 0 Å². The summed E-state index contributed by atoms with van der Waals surface area (Å²) in [6.45, 7) is 12.3. The SMILES string of the molecule is CC1CCC(P([O-])([O-])([O-])C2CCC(C)C2)C1.CC1CCC(P([O-])([O-])([O-])C2CCC(C)C2)C1.CC1CCC(P([O-])([O-])([O-])C2CCC(C)C2)C1.[Sb+3].[Sb+3].[Sb+3]. The summed E-state index contributed by atoms with van der Waals surface area (Å²) in [4.78, 5) is 112. The van der Waals surface area contributed by atoms with Gasteiger partial charge in [0, 0.05) is 0 Å². The van der Waals surface area contributed by atoms with E-state index >= 15 is 0 Å². The Morgan fingerprint density at radius 3 is 0.451 bits per heavy atom. The second kappa shape index (κ2) is 19.2. The van der Waals surface area contributed by atoms with E-state index < -0.39 is 55.8 Å². The van der Waals surface area contributed by atoms with Gasteiger partial charge in [-0.25, -0.2) is 0 Å². The van der Waals surface area contributed by atoms with E-state index in [1.807, 2.05) is 41.5 Å². The minimum atomic E-state index is -5.15. The van der Waals surface area contributed by atoms with Gasteiger partial charge in [-0.15, -0.1) is 0 Å². The van der Waals surface area contributed by atoms with Crippen molar-refractivity contribution in [1.82, 2.24) is 0 Å². The average molecular weight is 1100 g/mol. The summed E-state index contributed by atoms with van der Waals surface area (Å²) in [5, 5.41) is 0. The quantitative estimate of drug-likeness (QED) is 0.275. The third-order valence-corrected chi connectivity index (χ3v) is 24.7. The minimum Gasteiger partial charge on any atom is 3.00 e. The maximum Gasteiger partial charge on any atom is 3.00 e. The Kier molecular flexibility index (Phi) is 19.7. The van der Waals surface area contributed by atoms with E-state index in [2.05, 4.69) is 0 Å². The molecule has 0 amide bonds. The fraction of sp³-hybridized carbons (Fsp3) is 1.00. The van der Waals surface area contributed by atoms with Crippen LogP contribution < -0.4 is 44.0 Å². The topological polar surface area (TPSA) is 208 Å². The molecule has 6 fully saturated rings. The van der Waals surface area contributed by atoms with Gasteiger partial charge < -0.3 is 0 Å². The zero-order valence-electron chi connectivity index (χ0n) is 32.0. The van der Waals surface area contributed by atoms with Crippen LogP contribution in [0.4, 0.5) is 0 Å². The van der Waals surface area contributed by atoms with Crippen molar-refractivity contribution in [3.8, 4) is 0 Å². The molecule has 0 heterocycles. The Balaban J connectivity index is 0.000000372. The van der Waals surface area contributed by atoms with Gasteiger partial charge in [0.15, 0.2) is 0 Å². The van der Waals surface area contributed by atoms with Crippen LogP contribution in [0, 0.1) is 35.5 Å². The second-order valence-corrected chi connectivity index (χ2v) is 28.9. The zero-order valence-corrected chi connectivity index (χ0v) is 42.4. The summed E-state index contributed by atoms with van der Waals surface area (Å²) < 4.78 is 0. The van der Waals surface area contributed by atoms with Gasteiger partial charge in [-0.05, 0) is 0 Å². The van der Waals surface area contributed by atoms with E-state index in [1.165, 1.54) is 0 Å². The maximum absolute atomic E-state index is 12.4. The molecular formula is C36H66O9P3Sb3. The van der Waals surface area contributed by atoms with Gasteiger partial charge in [-0.2, -0.15) is 0 Å². The van der Waals surface area contributed by atoms with Gasteiger partial charge in [-0.1, -0.05) is 0 Å². The van der Waals surface area contributed by atoms with E-state index in [1.54, 1.807) is 0 Å². The molecule has 6 radical (unpaired) electrons. The van der Waals surface area contributed by atoms with Crippen molar-refractivity contribution < 1.29 is 44.0 Å². The molecule has 0 bridgehead atoms. The minimum absolute atomic E-state index is 0. The van der Waals surface area contributed by atoms with Crippen LogP contribution in [-0.4, -0.2) is 107 Å². The first-order chi connectivity index (χ1) is 21.8. The smallest absolute Gasteiger partial charge is 3.00 e. The molecule has 9 nitrogen and oxygen atoms in total. The van der Waals surface area contributed by atoms with E-state index in [0.717, 1.165) is 38.5 Å². The average Bonchev–Trinajstić information content (AvgIpc) is 3.78. The van der Waals surface area contributed by atoms with Gasteiger partial charge in [0.25, 0.3) is 0 Å². The van der Waals surface area contributed by atoms with Crippen LogP contribution >= 0.6 is 21.9 Å². The zero-order chi connectivity index (χ0) is 36.0. The van der Waals surface area contributed by atoms with Gasteiger partial charge in [0.05, 0.1) is 0 Å². The molecule has 6 aliphatic carbocycles. The summed E-state index contributed by atoms with van der Waals surface area (Å²) in [5.74, 6) is 2.43. The third kappa shape index (κ3) is 12.7. The van der Waals surface area contributed by atoms with Crippen molar-refractivity contribution in [2.24, 2.45) is 35.5 Å². The summed E-state index contributed by atoms with van der Waals surface area (Å²) in [5.41, 5.74) is -3.44. The molecule has 12 atom stereocenters. The summed E-state index contributed by atoms with van der Waals surface area (Å²) in [6.07, 6.45) is 12.6. The first kappa shape index (κ1) is 52.4. The van der Waals surface area contributed by atoms with Crippen LogP contribution in [0.15, 0.2) is 0 Å². The van der Waals surface area contributed by atoms with Gasteiger partial charge >= 0.3 is 366 Å². The van der Waals surface area contributed by atoms with E-state index in [9.17, 15) is 44.0 Å². The van der Waals surface area contributed by atoms with Crippen LogP contribution in [0.5, 0.6) is 0 Å². The third-order valence-electron chi connectivity index (χ3n) is 14.0. The van der Waals surface area contributed by atoms with Crippen molar-refractivity contribution in [3.05, 3.63) is 0 Å². The Bertz CT molecular complexity index is 891. The Morgan fingerprint density at radius 1 is 0.255 bits per heavy atom. The molecule has 6 rings (SSSR count). The normalized spacial score (nSPS) is 40.6. The van der Waals surface area contributed by atoms with Gasteiger partial charge in [0.2, 0.25) is 0 Å². The van der Waals surface area contributed by atoms with Crippen molar-refractivity contribution >= 4 is 95.1 Å². The maximum atomic E-state index is 12.4. The molecular weight excluding hydrogens is 1030 g/mol. The van der Waals surface area contributed by atoms with Crippen molar-refractivity contribution in [2.45, 2.75) is 191 Å². The van der Waals surface area contributed by atoms with Crippen molar-refractivity contribution in [1.29, 1.82) is 0 Å². The number of hydrogen-bond acceptors (Lipinski definition) is 9. The van der Waals surface area contributed by atoms with E-state index in [0.29, 0.717) is 113 Å². The molecule has 6 aliphatic rings. The largest absolute Gasteiger partial charge is 3.00 e. The van der Waals surface area contributed by atoms with E-state index in [-0.39, 0.29) is 73.3 Å². The molecule has 294 valence electrons. The second-order valence-electron chi connectivity index (χ2n) is 18.4. The molecule has 0 aliphatic heterocycles. The Hall–Kier alpha value is 3.38. The molecule has 0 aromatic carbocycles. The van der Waals surface area contributed by atoms with Crippen LogP contribution in [-0.2, 0) is 0 Å². The molecule has 0 N–H and O–H groups in total. The molecule has 51 heavy (non-hydrogen) atoms.